The van der Waals surface area contributed by atoms with Gasteiger partial charge in [-0.05, 0) is 48.9 Å². The number of nitrogens with one attached hydrogen (secondary N) is 1. The quantitative estimate of drug-likeness (QED) is 0.850. The summed E-state index contributed by atoms with van der Waals surface area (Å²) in [6.07, 6.45) is 0. The molecule has 0 aliphatic rings. The van der Waals surface area contributed by atoms with E-state index in [1.165, 1.54) is 12.1 Å². The molecule has 2 aromatic rings. The Morgan fingerprint density at radius 1 is 1.24 bits per heavy atom. The fourth-order valence-corrected chi connectivity index (χ4v) is 2.31. The fourth-order valence-electron chi connectivity index (χ4n) is 2.07. The van der Waals surface area contributed by atoms with Gasteiger partial charge in [-0.25, -0.2) is 4.39 Å². The highest BCUT2D eigenvalue weighted by Crippen LogP contribution is 2.27. The Kier molecular flexibility index (Phi) is 5.59. The molecule has 0 spiro atoms. The van der Waals surface area contributed by atoms with Gasteiger partial charge < -0.3 is 10.1 Å². The third-order valence-electron chi connectivity index (χ3n) is 3.32. The van der Waals surface area contributed by atoms with Gasteiger partial charge in [-0.15, -0.1) is 0 Å². The minimum atomic E-state index is -0.230. The zero-order chi connectivity index (χ0) is 15.2. The van der Waals surface area contributed by atoms with Crippen LogP contribution in [-0.2, 0) is 13.2 Å². The second-order valence-electron chi connectivity index (χ2n) is 4.86. The summed E-state index contributed by atoms with van der Waals surface area (Å²) >= 11 is 6.23. The molecule has 112 valence electrons. The minimum Gasteiger partial charge on any atom is -0.489 e. The van der Waals surface area contributed by atoms with Crippen LogP contribution in [0, 0.1) is 12.7 Å². The van der Waals surface area contributed by atoms with E-state index < -0.39 is 0 Å². The van der Waals surface area contributed by atoms with Crippen LogP contribution in [0.3, 0.4) is 0 Å². The topological polar surface area (TPSA) is 21.3 Å². The van der Waals surface area contributed by atoms with Crippen molar-refractivity contribution in [3.63, 3.8) is 0 Å². The van der Waals surface area contributed by atoms with Gasteiger partial charge in [0.05, 0.1) is 0 Å². The van der Waals surface area contributed by atoms with Crippen molar-refractivity contribution < 1.29 is 9.13 Å². The van der Waals surface area contributed by atoms with Gasteiger partial charge in [-0.1, -0.05) is 30.7 Å². The first-order valence-electron chi connectivity index (χ1n) is 6.97. The number of ether oxygens (including phenoxy) is 1. The molecule has 0 aliphatic carbocycles. The van der Waals surface area contributed by atoms with Crippen molar-refractivity contribution >= 4 is 11.6 Å². The molecular formula is C17H19ClFNO. The molecule has 0 aromatic heterocycles. The lowest BCUT2D eigenvalue weighted by molar-refractivity contribution is 0.301. The Morgan fingerprint density at radius 2 is 2.05 bits per heavy atom. The molecule has 4 heteroatoms. The predicted molar refractivity (Wildman–Crippen MR) is 84.3 cm³/mol. The highest BCUT2D eigenvalue weighted by Gasteiger charge is 2.09. The van der Waals surface area contributed by atoms with E-state index in [1.807, 2.05) is 32.0 Å². The number of hydrogen-bond acceptors (Lipinski definition) is 2. The van der Waals surface area contributed by atoms with Gasteiger partial charge in [-0.2, -0.15) is 0 Å². The van der Waals surface area contributed by atoms with E-state index in [0.29, 0.717) is 18.2 Å². The second-order valence-corrected chi connectivity index (χ2v) is 5.26. The molecule has 0 heterocycles. The van der Waals surface area contributed by atoms with Crippen LogP contribution in [0.15, 0.2) is 36.4 Å². The van der Waals surface area contributed by atoms with E-state index in [4.69, 9.17) is 16.3 Å². The molecule has 0 atom stereocenters. The van der Waals surface area contributed by atoms with Gasteiger partial charge in [0.15, 0.2) is 0 Å². The summed E-state index contributed by atoms with van der Waals surface area (Å²) in [5, 5.41) is 3.93. The van der Waals surface area contributed by atoms with Gasteiger partial charge >= 0.3 is 0 Å². The van der Waals surface area contributed by atoms with Gasteiger partial charge in [0.1, 0.15) is 18.2 Å². The maximum atomic E-state index is 13.1. The maximum absolute atomic E-state index is 13.1. The average molecular weight is 308 g/mol. The second kappa shape index (κ2) is 7.43. The zero-order valence-electron chi connectivity index (χ0n) is 12.2. The fraction of sp³-hybridized carbons (Fsp3) is 0.294. The minimum absolute atomic E-state index is 0.230. The summed E-state index contributed by atoms with van der Waals surface area (Å²) in [5.74, 6) is 0.527. The molecule has 21 heavy (non-hydrogen) atoms. The van der Waals surface area contributed by atoms with Crippen LogP contribution in [0.5, 0.6) is 5.75 Å². The number of hydrogen-bond donors (Lipinski definition) is 1. The van der Waals surface area contributed by atoms with Crippen molar-refractivity contribution in [1.82, 2.24) is 5.32 Å². The molecule has 0 unspecified atom stereocenters. The molecular weight excluding hydrogens is 289 g/mol. The summed E-state index contributed by atoms with van der Waals surface area (Å²) in [5.41, 5.74) is 2.79. The molecule has 0 bridgehead atoms. The van der Waals surface area contributed by atoms with Crippen LogP contribution < -0.4 is 10.1 Å². The number of aryl methyl sites for hydroxylation is 1. The Hall–Kier alpha value is -1.58. The maximum Gasteiger partial charge on any atom is 0.125 e. The molecule has 0 amide bonds. The summed E-state index contributed by atoms with van der Waals surface area (Å²) in [6, 6.07) is 10.3. The van der Waals surface area contributed by atoms with Crippen molar-refractivity contribution in [2.45, 2.75) is 27.0 Å². The molecule has 0 saturated carbocycles. The average Bonchev–Trinajstić information content (AvgIpc) is 2.45. The molecule has 2 aromatic carbocycles. The van der Waals surface area contributed by atoms with Gasteiger partial charge in [0, 0.05) is 17.1 Å². The van der Waals surface area contributed by atoms with E-state index in [2.05, 4.69) is 5.32 Å². The van der Waals surface area contributed by atoms with Crippen LogP contribution in [0.2, 0.25) is 5.02 Å². The molecule has 2 nitrogen and oxygen atoms in total. The Labute approximate surface area is 129 Å². The van der Waals surface area contributed by atoms with Crippen molar-refractivity contribution in [3.8, 4) is 5.75 Å². The highest BCUT2D eigenvalue weighted by molar-refractivity contribution is 6.31. The lowest BCUT2D eigenvalue weighted by Crippen LogP contribution is -2.13. The molecule has 0 fully saturated rings. The molecule has 0 saturated heterocycles. The van der Waals surface area contributed by atoms with Crippen molar-refractivity contribution in [2.75, 3.05) is 6.54 Å². The van der Waals surface area contributed by atoms with Crippen LogP contribution in [-0.4, -0.2) is 6.54 Å². The van der Waals surface area contributed by atoms with Crippen molar-refractivity contribution in [1.29, 1.82) is 0 Å². The van der Waals surface area contributed by atoms with Gasteiger partial charge in [-0.3, -0.25) is 0 Å². The predicted octanol–water partition coefficient (Wildman–Crippen LogP) is 4.48. The summed E-state index contributed by atoms with van der Waals surface area (Å²) in [4.78, 5) is 0. The lowest BCUT2D eigenvalue weighted by Gasteiger charge is -2.14. The number of halogens is 2. The molecule has 2 rings (SSSR count). The summed E-state index contributed by atoms with van der Waals surface area (Å²) in [7, 11) is 0. The first-order chi connectivity index (χ1) is 10.1. The van der Waals surface area contributed by atoms with E-state index in [-0.39, 0.29) is 5.82 Å². The van der Waals surface area contributed by atoms with Crippen molar-refractivity contribution in [3.05, 3.63) is 63.9 Å². The SMILES string of the molecule is CCNCc1c(Cl)cccc1OCc1ccc(F)cc1C. The van der Waals surface area contributed by atoms with Gasteiger partial charge in [0.2, 0.25) is 0 Å². The standard InChI is InChI=1S/C17H19ClFNO/c1-3-20-10-15-16(18)5-4-6-17(15)21-11-13-7-8-14(19)9-12(13)2/h4-9,20H,3,10-11H2,1-2H3. The van der Waals surface area contributed by atoms with Crippen LogP contribution in [0.4, 0.5) is 4.39 Å². The number of benzene rings is 2. The third kappa shape index (κ3) is 4.19. The Morgan fingerprint density at radius 3 is 2.76 bits per heavy atom. The normalized spacial score (nSPS) is 10.7. The van der Waals surface area contributed by atoms with Crippen LogP contribution in [0.25, 0.3) is 0 Å². The molecule has 0 radical (unpaired) electrons. The summed E-state index contributed by atoms with van der Waals surface area (Å²) in [6.45, 7) is 5.83. The lowest BCUT2D eigenvalue weighted by atomic mass is 10.1. The zero-order valence-corrected chi connectivity index (χ0v) is 13.0. The summed E-state index contributed by atoms with van der Waals surface area (Å²) < 4.78 is 19.0. The van der Waals surface area contributed by atoms with E-state index in [1.54, 1.807) is 6.07 Å². The van der Waals surface area contributed by atoms with Gasteiger partial charge in [0.25, 0.3) is 0 Å². The Balaban J connectivity index is 2.14. The number of rotatable bonds is 6. The van der Waals surface area contributed by atoms with Crippen LogP contribution in [0.1, 0.15) is 23.6 Å². The third-order valence-corrected chi connectivity index (χ3v) is 3.67. The first-order valence-corrected chi connectivity index (χ1v) is 7.35. The Bertz CT molecular complexity index is 616. The highest BCUT2D eigenvalue weighted by atomic mass is 35.5. The van der Waals surface area contributed by atoms with E-state index in [9.17, 15) is 4.39 Å². The van der Waals surface area contributed by atoms with E-state index >= 15 is 0 Å². The monoisotopic (exact) mass is 307 g/mol. The first kappa shape index (κ1) is 15.8. The smallest absolute Gasteiger partial charge is 0.125 e. The molecule has 0 aliphatic heterocycles. The van der Waals surface area contributed by atoms with Crippen LogP contribution >= 0.6 is 11.6 Å². The molecule has 1 N–H and O–H groups in total. The largest absolute Gasteiger partial charge is 0.489 e. The van der Waals surface area contributed by atoms with Crippen molar-refractivity contribution in [2.24, 2.45) is 0 Å². The van der Waals surface area contributed by atoms with E-state index in [0.717, 1.165) is 29.0 Å².